The highest BCUT2D eigenvalue weighted by Gasteiger charge is 2.26. The van der Waals surface area contributed by atoms with Gasteiger partial charge >= 0.3 is 0 Å². The number of carbonyl (C=O) groups is 1. The second-order valence-electron chi connectivity index (χ2n) is 5.94. The Labute approximate surface area is 136 Å². The fourth-order valence-electron chi connectivity index (χ4n) is 3.16. The monoisotopic (exact) mass is 313 g/mol. The fraction of sp³-hybridized carbons (Fsp3) is 0.444. The number of methoxy groups -OCH3 is 1. The summed E-state index contributed by atoms with van der Waals surface area (Å²) in [7, 11) is 1.76. The minimum absolute atomic E-state index is 0.0104. The lowest BCUT2D eigenvalue weighted by molar-refractivity contribution is -0.115. The van der Waals surface area contributed by atoms with Crippen LogP contribution < -0.4 is 10.2 Å². The number of nitrogens with zero attached hydrogens (tertiary/aromatic N) is 2. The van der Waals surface area contributed by atoms with E-state index in [1.807, 2.05) is 32.0 Å². The maximum atomic E-state index is 11.6. The molecule has 1 saturated heterocycles. The number of benzene rings is 1. The lowest BCUT2D eigenvalue weighted by Crippen LogP contribution is -2.30. The molecule has 1 atom stereocenters. The Morgan fingerprint density at radius 1 is 1.43 bits per heavy atom. The van der Waals surface area contributed by atoms with E-state index in [2.05, 4.69) is 21.3 Å². The van der Waals surface area contributed by atoms with Crippen molar-refractivity contribution in [3.8, 4) is 0 Å². The minimum atomic E-state index is 0.0104. The summed E-state index contributed by atoms with van der Waals surface area (Å²) in [5.74, 6) is 0.0104. The standard InChI is InChI=1S/C18H23N3O2/c1-4-17(22)20-13-7-8-14-15(11-13)19-12(2)10-16(14)21-9-5-6-18(21)23-3/h7-8,10-11,18H,4-6,9H2,1-3H3,(H,20,22). The number of ether oxygens (including phenoxy) is 1. The zero-order valence-corrected chi connectivity index (χ0v) is 13.9. The number of fused-ring (bicyclic) bond motifs is 1. The predicted molar refractivity (Wildman–Crippen MR) is 92.8 cm³/mol. The van der Waals surface area contributed by atoms with E-state index in [9.17, 15) is 4.79 Å². The molecule has 1 N–H and O–H groups in total. The van der Waals surface area contributed by atoms with Gasteiger partial charge in [0.25, 0.3) is 0 Å². The van der Waals surface area contributed by atoms with Gasteiger partial charge in [0.2, 0.25) is 5.91 Å². The van der Waals surface area contributed by atoms with E-state index < -0.39 is 0 Å². The number of amides is 1. The molecule has 1 fully saturated rings. The van der Waals surface area contributed by atoms with Gasteiger partial charge < -0.3 is 15.0 Å². The van der Waals surface area contributed by atoms with Gasteiger partial charge in [0, 0.05) is 42.5 Å². The van der Waals surface area contributed by atoms with Gasteiger partial charge in [0.1, 0.15) is 6.23 Å². The number of hydrogen-bond donors (Lipinski definition) is 1. The molecule has 0 radical (unpaired) electrons. The molecule has 3 rings (SSSR count). The molecule has 5 heteroatoms. The molecule has 1 aromatic carbocycles. The maximum Gasteiger partial charge on any atom is 0.224 e. The van der Waals surface area contributed by atoms with Gasteiger partial charge in [-0.25, -0.2) is 0 Å². The summed E-state index contributed by atoms with van der Waals surface area (Å²) in [6.07, 6.45) is 2.77. The molecule has 1 aliphatic heterocycles. The summed E-state index contributed by atoms with van der Waals surface area (Å²) in [6, 6.07) is 8.03. The normalized spacial score (nSPS) is 17.7. The van der Waals surface area contributed by atoms with E-state index in [1.165, 1.54) is 0 Å². The molecule has 23 heavy (non-hydrogen) atoms. The van der Waals surface area contributed by atoms with Crippen LogP contribution in [0.1, 0.15) is 31.9 Å². The van der Waals surface area contributed by atoms with Crippen LogP contribution in [0.4, 0.5) is 11.4 Å². The Morgan fingerprint density at radius 3 is 3.00 bits per heavy atom. The average Bonchev–Trinajstić information content (AvgIpc) is 3.02. The summed E-state index contributed by atoms with van der Waals surface area (Å²) < 4.78 is 5.61. The first-order chi connectivity index (χ1) is 11.1. The van der Waals surface area contributed by atoms with Gasteiger partial charge in [-0.1, -0.05) is 6.92 Å². The largest absolute Gasteiger partial charge is 0.362 e. The van der Waals surface area contributed by atoms with Crippen molar-refractivity contribution in [2.24, 2.45) is 0 Å². The SMILES string of the molecule is CCC(=O)Nc1ccc2c(N3CCCC3OC)cc(C)nc2c1. The molecule has 1 amide bonds. The van der Waals surface area contributed by atoms with Gasteiger partial charge in [-0.3, -0.25) is 9.78 Å². The third-order valence-corrected chi connectivity index (χ3v) is 4.30. The third kappa shape index (κ3) is 3.15. The number of anilines is 2. The zero-order valence-electron chi connectivity index (χ0n) is 13.9. The smallest absolute Gasteiger partial charge is 0.224 e. The first-order valence-corrected chi connectivity index (χ1v) is 8.13. The van der Waals surface area contributed by atoms with Crippen molar-refractivity contribution in [3.05, 3.63) is 30.0 Å². The van der Waals surface area contributed by atoms with E-state index >= 15 is 0 Å². The van der Waals surface area contributed by atoms with Crippen molar-refractivity contribution in [2.75, 3.05) is 23.9 Å². The summed E-state index contributed by atoms with van der Waals surface area (Å²) in [6.45, 7) is 4.83. The van der Waals surface area contributed by atoms with E-state index in [1.54, 1.807) is 7.11 Å². The maximum absolute atomic E-state index is 11.6. The van der Waals surface area contributed by atoms with Crippen LogP contribution in [-0.4, -0.2) is 30.8 Å². The topological polar surface area (TPSA) is 54.5 Å². The quantitative estimate of drug-likeness (QED) is 0.939. The first kappa shape index (κ1) is 15.7. The van der Waals surface area contributed by atoms with Crippen LogP contribution in [0, 0.1) is 6.92 Å². The molecule has 1 aromatic heterocycles. The summed E-state index contributed by atoms with van der Waals surface area (Å²) in [4.78, 5) is 18.5. The number of hydrogen-bond acceptors (Lipinski definition) is 4. The molecule has 5 nitrogen and oxygen atoms in total. The summed E-state index contributed by atoms with van der Waals surface area (Å²) >= 11 is 0. The third-order valence-electron chi connectivity index (χ3n) is 4.30. The van der Waals surface area contributed by atoms with Crippen LogP contribution in [0.2, 0.25) is 0 Å². The minimum Gasteiger partial charge on any atom is -0.362 e. The van der Waals surface area contributed by atoms with Gasteiger partial charge in [-0.2, -0.15) is 0 Å². The number of carbonyl (C=O) groups excluding carboxylic acids is 1. The molecular weight excluding hydrogens is 290 g/mol. The van der Waals surface area contributed by atoms with Crippen LogP contribution in [0.3, 0.4) is 0 Å². The van der Waals surface area contributed by atoms with Gasteiger partial charge in [0.05, 0.1) is 5.52 Å². The van der Waals surface area contributed by atoms with Crippen LogP contribution >= 0.6 is 0 Å². The molecule has 0 bridgehead atoms. The number of rotatable bonds is 4. The Morgan fingerprint density at radius 2 is 2.26 bits per heavy atom. The molecule has 1 unspecified atom stereocenters. The molecular formula is C18H23N3O2. The van der Waals surface area contributed by atoms with Crippen LogP contribution in [-0.2, 0) is 9.53 Å². The molecule has 1 aliphatic rings. The number of nitrogens with one attached hydrogen (secondary N) is 1. The van der Waals surface area contributed by atoms with Crippen molar-refractivity contribution >= 4 is 28.2 Å². The van der Waals surface area contributed by atoms with E-state index in [0.717, 1.165) is 47.4 Å². The van der Waals surface area contributed by atoms with Crippen molar-refractivity contribution in [3.63, 3.8) is 0 Å². The second kappa shape index (κ2) is 6.54. The molecule has 0 saturated carbocycles. The van der Waals surface area contributed by atoms with Crippen LogP contribution in [0.15, 0.2) is 24.3 Å². The van der Waals surface area contributed by atoms with Crippen molar-refractivity contribution < 1.29 is 9.53 Å². The molecule has 0 aliphatic carbocycles. The van der Waals surface area contributed by atoms with Crippen molar-refractivity contribution in [1.82, 2.24) is 4.98 Å². The molecule has 2 heterocycles. The highest BCUT2D eigenvalue weighted by atomic mass is 16.5. The average molecular weight is 313 g/mol. The summed E-state index contributed by atoms with van der Waals surface area (Å²) in [5.41, 5.74) is 3.81. The second-order valence-corrected chi connectivity index (χ2v) is 5.94. The Bertz CT molecular complexity index is 730. The van der Waals surface area contributed by atoms with E-state index in [4.69, 9.17) is 4.74 Å². The zero-order chi connectivity index (χ0) is 16.4. The predicted octanol–water partition coefficient (Wildman–Crippen LogP) is 3.46. The molecule has 0 spiro atoms. The fourth-order valence-corrected chi connectivity index (χ4v) is 3.16. The van der Waals surface area contributed by atoms with Crippen molar-refractivity contribution in [2.45, 2.75) is 39.3 Å². The van der Waals surface area contributed by atoms with Crippen molar-refractivity contribution in [1.29, 1.82) is 0 Å². The Hall–Kier alpha value is -2.14. The van der Waals surface area contributed by atoms with Gasteiger partial charge in [0.15, 0.2) is 0 Å². The molecule has 122 valence electrons. The number of aromatic nitrogens is 1. The van der Waals surface area contributed by atoms with Gasteiger partial charge in [-0.15, -0.1) is 0 Å². The lowest BCUT2D eigenvalue weighted by atomic mass is 10.1. The van der Waals surface area contributed by atoms with Crippen LogP contribution in [0.25, 0.3) is 10.9 Å². The Kier molecular flexibility index (Phi) is 4.48. The highest BCUT2D eigenvalue weighted by Crippen LogP contribution is 2.33. The Balaban J connectivity index is 2.03. The number of aryl methyl sites for hydroxylation is 1. The van der Waals surface area contributed by atoms with Crippen LogP contribution in [0.5, 0.6) is 0 Å². The van der Waals surface area contributed by atoms with E-state index in [-0.39, 0.29) is 12.1 Å². The molecule has 2 aromatic rings. The lowest BCUT2D eigenvalue weighted by Gasteiger charge is -2.27. The number of pyridine rings is 1. The van der Waals surface area contributed by atoms with Gasteiger partial charge in [-0.05, 0) is 44.0 Å². The van der Waals surface area contributed by atoms with E-state index in [0.29, 0.717) is 6.42 Å². The first-order valence-electron chi connectivity index (χ1n) is 8.13. The summed E-state index contributed by atoms with van der Waals surface area (Å²) in [5, 5.41) is 3.99. The highest BCUT2D eigenvalue weighted by molar-refractivity contribution is 5.97.